The van der Waals surface area contributed by atoms with E-state index < -0.39 is 0 Å². The Bertz CT molecular complexity index is 3980. The van der Waals surface area contributed by atoms with E-state index in [4.69, 9.17) is 0 Å². The molecule has 0 N–H and O–H groups in total. The first-order chi connectivity index (χ1) is 33.7. The van der Waals surface area contributed by atoms with Crippen LogP contribution in [0, 0.1) is 0 Å². The van der Waals surface area contributed by atoms with Crippen LogP contribution in [0.2, 0.25) is 0 Å². The zero-order chi connectivity index (χ0) is 45.0. The maximum absolute atomic E-state index is 2.44. The number of nitrogens with zero attached hydrogens (tertiary/aromatic N) is 2. The van der Waals surface area contributed by atoms with E-state index in [0.717, 1.165) is 28.3 Å². The molecule has 0 atom stereocenters. The number of rotatable bonds is 8. The van der Waals surface area contributed by atoms with Crippen LogP contribution in [0.3, 0.4) is 0 Å². The van der Waals surface area contributed by atoms with E-state index in [1.54, 1.807) is 0 Å². The molecule has 0 saturated heterocycles. The average molecular weight is 865 g/mol. The average Bonchev–Trinajstić information content (AvgIpc) is 3.76. The number of hydrogen-bond acceptors (Lipinski definition) is 1. The van der Waals surface area contributed by atoms with E-state index in [-0.39, 0.29) is 0 Å². The fourth-order valence-corrected chi connectivity index (χ4v) is 10.4. The minimum Gasteiger partial charge on any atom is -0.311 e. The molecule has 1 aromatic heterocycles. The number of anilines is 3. The van der Waals surface area contributed by atoms with Crippen molar-refractivity contribution >= 4 is 71.2 Å². The van der Waals surface area contributed by atoms with Gasteiger partial charge in [0.25, 0.3) is 0 Å². The van der Waals surface area contributed by atoms with Gasteiger partial charge in [-0.1, -0.05) is 200 Å². The molecule has 0 saturated carbocycles. The Hall–Kier alpha value is -8.98. The molecule has 0 aliphatic rings. The highest BCUT2D eigenvalue weighted by atomic mass is 15.1. The molecule has 12 aromatic carbocycles. The highest BCUT2D eigenvalue weighted by molar-refractivity contribution is 6.19. The smallest absolute Gasteiger partial charge is 0.0619 e. The fourth-order valence-electron chi connectivity index (χ4n) is 10.4. The second kappa shape index (κ2) is 16.5. The summed E-state index contributed by atoms with van der Waals surface area (Å²) in [6.45, 7) is 0. The van der Waals surface area contributed by atoms with Crippen LogP contribution in [0.4, 0.5) is 17.1 Å². The Balaban J connectivity index is 0.908. The van der Waals surface area contributed by atoms with Crippen LogP contribution in [0.1, 0.15) is 0 Å². The highest BCUT2D eigenvalue weighted by Crippen LogP contribution is 2.42. The van der Waals surface area contributed by atoms with Crippen LogP contribution >= 0.6 is 0 Å². The number of benzene rings is 12. The predicted octanol–water partition coefficient (Wildman–Crippen LogP) is 18.4. The lowest BCUT2D eigenvalue weighted by molar-refractivity contribution is 1.19. The first-order valence-corrected chi connectivity index (χ1v) is 23.4. The summed E-state index contributed by atoms with van der Waals surface area (Å²) >= 11 is 0. The lowest BCUT2D eigenvalue weighted by Crippen LogP contribution is -2.09. The molecule has 68 heavy (non-hydrogen) atoms. The van der Waals surface area contributed by atoms with Gasteiger partial charge < -0.3 is 9.47 Å². The van der Waals surface area contributed by atoms with Gasteiger partial charge in [-0.05, 0) is 138 Å². The Morgan fingerprint density at radius 3 is 1.38 bits per heavy atom. The zero-order valence-electron chi connectivity index (χ0n) is 37.3. The topological polar surface area (TPSA) is 8.17 Å². The standard InChI is InChI=1S/C66H44N2/c1-3-14-45(15-4-1)50-18-13-19-51(42-50)46-26-34-55(35-27-46)67(57-38-30-49(31-39-57)64-43-53-17-8-9-22-58(53)60-24-11-12-25-61(60)64)56-36-28-47(29-37-56)52-33-40-62-63-41-32-48-16-7-10-23-59(48)66(63)68(65(62)44-52)54-20-5-2-6-21-54/h1-44H. The van der Waals surface area contributed by atoms with Crippen molar-refractivity contribution in [1.82, 2.24) is 4.57 Å². The molecule has 0 spiro atoms. The first kappa shape index (κ1) is 39.4. The van der Waals surface area contributed by atoms with E-state index in [0.29, 0.717) is 0 Å². The summed E-state index contributed by atoms with van der Waals surface area (Å²) < 4.78 is 2.44. The van der Waals surface area contributed by atoms with Crippen molar-refractivity contribution < 1.29 is 0 Å². The minimum atomic E-state index is 1.09. The van der Waals surface area contributed by atoms with Gasteiger partial charge in [0.05, 0.1) is 11.0 Å². The summed E-state index contributed by atoms with van der Waals surface area (Å²) in [7, 11) is 0. The summed E-state index contributed by atoms with van der Waals surface area (Å²) in [5, 5.41) is 10.1. The molecule has 13 aromatic rings. The summed E-state index contributed by atoms with van der Waals surface area (Å²) in [6, 6.07) is 97.4. The van der Waals surface area contributed by atoms with Crippen LogP contribution in [0.25, 0.3) is 104 Å². The van der Waals surface area contributed by atoms with Crippen molar-refractivity contribution in [2.24, 2.45) is 0 Å². The normalized spacial score (nSPS) is 11.5. The van der Waals surface area contributed by atoms with Crippen molar-refractivity contribution in [3.8, 4) is 50.2 Å². The van der Waals surface area contributed by atoms with Crippen LogP contribution in [0.15, 0.2) is 267 Å². The number of fused-ring (bicyclic) bond motifs is 8. The molecular weight excluding hydrogens is 821 g/mol. The number of para-hydroxylation sites is 1. The van der Waals surface area contributed by atoms with E-state index >= 15 is 0 Å². The summed E-state index contributed by atoms with van der Waals surface area (Å²) in [5.74, 6) is 0. The van der Waals surface area contributed by atoms with Crippen molar-refractivity contribution in [2.45, 2.75) is 0 Å². The fraction of sp³-hybridized carbons (Fsp3) is 0. The molecule has 0 bridgehead atoms. The molecule has 2 heteroatoms. The molecule has 0 unspecified atom stereocenters. The number of aromatic nitrogens is 1. The van der Waals surface area contributed by atoms with Gasteiger partial charge in [-0.3, -0.25) is 0 Å². The lowest BCUT2D eigenvalue weighted by atomic mass is 9.93. The molecule has 0 amide bonds. The van der Waals surface area contributed by atoms with Crippen molar-refractivity contribution in [2.75, 3.05) is 4.90 Å². The van der Waals surface area contributed by atoms with Gasteiger partial charge in [-0.25, -0.2) is 0 Å². The van der Waals surface area contributed by atoms with Crippen LogP contribution in [0.5, 0.6) is 0 Å². The van der Waals surface area contributed by atoms with Gasteiger partial charge in [0.15, 0.2) is 0 Å². The lowest BCUT2D eigenvalue weighted by Gasteiger charge is -2.26. The molecule has 13 rings (SSSR count). The second-order valence-corrected chi connectivity index (χ2v) is 17.7. The molecule has 2 nitrogen and oxygen atoms in total. The third-order valence-corrected chi connectivity index (χ3v) is 13.8. The van der Waals surface area contributed by atoms with Crippen LogP contribution in [-0.2, 0) is 0 Å². The molecule has 0 radical (unpaired) electrons. The maximum Gasteiger partial charge on any atom is 0.0619 e. The predicted molar refractivity (Wildman–Crippen MR) is 290 cm³/mol. The van der Waals surface area contributed by atoms with Gasteiger partial charge in [0, 0.05) is 38.9 Å². The minimum absolute atomic E-state index is 1.09. The molecule has 0 aliphatic carbocycles. The Kier molecular flexibility index (Phi) is 9.54. The van der Waals surface area contributed by atoms with Crippen molar-refractivity contribution in [3.63, 3.8) is 0 Å². The quantitative estimate of drug-likeness (QED) is 0.138. The maximum atomic E-state index is 2.44. The van der Waals surface area contributed by atoms with Gasteiger partial charge in [-0.15, -0.1) is 0 Å². The Labute approximate surface area is 395 Å². The molecule has 1 heterocycles. The Morgan fingerprint density at radius 2 is 0.721 bits per heavy atom. The van der Waals surface area contributed by atoms with Gasteiger partial charge >= 0.3 is 0 Å². The van der Waals surface area contributed by atoms with Crippen LogP contribution < -0.4 is 4.90 Å². The molecular formula is C66H44N2. The number of hydrogen-bond donors (Lipinski definition) is 0. The van der Waals surface area contributed by atoms with E-state index in [1.807, 2.05) is 0 Å². The Morgan fingerprint density at radius 1 is 0.250 bits per heavy atom. The third-order valence-electron chi connectivity index (χ3n) is 13.8. The van der Waals surface area contributed by atoms with Crippen molar-refractivity contribution in [1.29, 1.82) is 0 Å². The SMILES string of the molecule is c1ccc(-c2cccc(-c3ccc(N(c4ccc(-c5ccc6c7ccc8ccccc8c7n(-c7ccccc7)c6c5)cc4)c4ccc(-c5cc6ccccc6c6ccccc56)cc4)cc3)c2)cc1. The van der Waals surface area contributed by atoms with E-state index in [2.05, 4.69) is 276 Å². The van der Waals surface area contributed by atoms with Gasteiger partial charge in [-0.2, -0.15) is 0 Å². The zero-order valence-corrected chi connectivity index (χ0v) is 37.3. The van der Waals surface area contributed by atoms with Crippen molar-refractivity contribution in [3.05, 3.63) is 267 Å². The summed E-state index contributed by atoms with van der Waals surface area (Å²) in [5.41, 5.74) is 16.4. The van der Waals surface area contributed by atoms with Gasteiger partial charge in [0.2, 0.25) is 0 Å². The van der Waals surface area contributed by atoms with E-state index in [1.165, 1.54) is 93.1 Å². The highest BCUT2D eigenvalue weighted by Gasteiger charge is 2.18. The van der Waals surface area contributed by atoms with Crippen LogP contribution in [-0.4, -0.2) is 4.57 Å². The van der Waals surface area contributed by atoms with E-state index in [9.17, 15) is 0 Å². The monoisotopic (exact) mass is 864 g/mol. The first-order valence-electron chi connectivity index (χ1n) is 23.4. The summed E-state index contributed by atoms with van der Waals surface area (Å²) in [4.78, 5) is 2.37. The van der Waals surface area contributed by atoms with Gasteiger partial charge in [0.1, 0.15) is 0 Å². The summed E-state index contributed by atoms with van der Waals surface area (Å²) in [6.07, 6.45) is 0. The largest absolute Gasteiger partial charge is 0.311 e. The molecule has 318 valence electrons. The third kappa shape index (κ3) is 6.82. The molecule has 0 aliphatic heterocycles. The molecule has 0 fully saturated rings. The second-order valence-electron chi connectivity index (χ2n) is 17.7.